The highest BCUT2D eigenvalue weighted by Gasteiger charge is 2.30. The van der Waals surface area contributed by atoms with Gasteiger partial charge in [0.05, 0.1) is 0 Å². The zero-order valence-electron chi connectivity index (χ0n) is 8.14. The van der Waals surface area contributed by atoms with Gasteiger partial charge in [-0.25, -0.2) is 0 Å². The van der Waals surface area contributed by atoms with E-state index in [1.807, 2.05) is 0 Å². The molecule has 0 N–H and O–H groups in total. The Morgan fingerprint density at radius 2 is 2.25 bits per heavy atom. The molecule has 0 aromatic heterocycles. The van der Waals surface area contributed by atoms with Crippen LogP contribution in [0.1, 0.15) is 39.5 Å². The first-order valence-electron chi connectivity index (χ1n) is 5.03. The summed E-state index contributed by atoms with van der Waals surface area (Å²) < 4.78 is 0. The van der Waals surface area contributed by atoms with E-state index in [2.05, 4.69) is 32.1 Å². The lowest BCUT2D eigenvalue weighted by Crippen LogP contribution is -2.24. The van der Waals surface area contributed by atoms with E-state index >= 15 is 0 Å². The number of hydrogen-bond acceptors (Lipinski definition) is 0. The third kappa shape index (κ3) is 1.48. The zero-order valence-corrected chi connectivity index (χ0v) is 8.14. The van der Waals surface area contributed by atoms with E-state index in [0.29, 0.717) is 5.41 Å². The van der Waals surface area contributed by atoms with Crippen LogP contribution in [0.5, 0.6) is 0 Å². The summed E-state index contributed by atoms with van der Waals surface area (Å²) in [5.74, 6) is 0.892. The fraction of sp³-hybridized carbons (Fsp3) is 0.667. The molecule has 0 aromatic carbocycles. The van der Waals surface area contributed by atoms with Gasteiger partial charge >= 0.3 is 0 Å². The molecule has 0 saturated heterocycles. The van der Waals surface area contributed by atoms with Crippen molar-refractivity contribution in [1.82, 2.24) is 0 Å². The van der Waals surface area contributed by atoms with Crippen molar-refractivity contribution in [3.05, 3.63) is 23.8 Å². The van der Waals surface area contributed by atoms with Crippen LogP contribution in [0.3, 0.4) is 0 Å². The van der Waals surface area contributed by atoms with Crippen molar-refractivity contribution in [2.45, 2.75) is 39.5 Å². The molecule has 2 rings (SSSR count). The molecule has 0 aromatic rings. The fourth-order valence-electron chi connectivity index (χ4n) is 2.43. The molecule has 1 atom stereocenters. The Morgan fingerprint density at radius 3 is 3.08 bits per heavy atom. The smallest absolute Gasteiger partial charge is 0.0165 e. The van der Waals surface area contributed by atoms with Gasteiger partial charge < -0.3 is 0 Å². The SMILES string of the molecule is CC1(C)CCC2CC=CC=C2C1. The summed E-state index contributed by atoms with van der Waals surface area (Å²) in [6.07, 6.45) is 12.3. The maximum absolute atomic E-state index is 2.39. The molecule has 12 heavy (non-hydrogen) atoms. The summed E-state index contributed by atoms with van der Waals surface area (Å²) in [6.45, 7) is 4.78. The Kier molecular flexibility index (Phi) is 1.86. The lowest BCUT2D eigenvalue weighted by Gasteiger charge is -2.37. The fourth-order valence-corrected chi connectivity index (χ4v) is 2.43. The molecule has 0 radical (unpaired) electrons. The van der Waals surface area contributed by atoms with Crippen LogP contribution < -0.4 is 0 Å². The molecule has 0 aliphatic heterocycles. The monoisotopic (exact) mass is 162 g/mol. The van der Waals surface area contributed by atoms with Gasteiger partial charge in [-0.05, 0) is 37.0 Å². The summed E-state index contributed by atoms with van der Waals surface area (Å²) in [5, 5.41) is 0. The quantitative estimate of drug-likeness (QED) is 0.509. The Balaban J connectivity index is 2.16. The summed E-state index contributed by atoms with van der Waals surface area (Å²) >= 11 is 0. The van der Waals surface area contributed by atoms with Crippen molar-refractivity contribution in [3.63, 3.8) is 0 Å². The molecule has 0 nitrogen and oxygen atoms in total. The van der Waals surface area contributed by atoms with Crippen LogP contribution in [0.2, 0.25) is 0 Å². The largest absolute Gasteiger partial charge is 0.0839 e. The summed E-state index contributed by atoms with van der Waals surface area (Å²) in [7, 11) is 0. The van der Waals surface area contributed by atoms with Gasteiger partial charge in [0, 0.05) is 0 Å². The third-order valence-corrected chi connectivity index (χ3v) is 3.24. The van der Waals surface area contributed by atoms with E-state index in [0.717, 1.165) is 5.92 Å². The normalized spacial score (nSPS) is 32.5. The van der Waals surface area contributed by atoms with Gasteiger partial charge in [-0.1, -0.05) is 37.6 Å². The Labute approximate surface area is 75.4 Å². The number of rotatable bonds is 0. The van der Waals surface area contributed by atoms with Gasteiger partial charge in [-0.2, -0.15) is 0 Å². The average molecular weight is 162 g/mol. The van der Waals surface area contributed by atoms with E-state index in [4.69, 9.17) is 0 Å². The summed E-state index contributed by atoms with van der Waals surface area (Å²) in [4.78, 5) is 0. The van der Waals surface area contributed by atoms with Crippen LogP contribution in [-0.4, -0.2) is 0 Å². The van der Waals surface area contributed by atoms with Gasteiger partial charge in [0.15, 0.2) is 0 Å². The maximum Gasteiger partial charge on any atom is -0.0165 e. The molecule has 0 spiro atoms. The second-order valence-corrected chi connectivity index (χ2v) is 4.98. The van der Waals surface area contributed by atoms with Gasteiger partial charge in [0.1, 0.15) is 0 Å². The molecule has 0 heteroatoms. The molecule has 2 aliphatic carbocycles. The van der Waals surface area contributed by atoms with E-state index in [1.54, 1.807) is 5.57 Å². The standard InChI is InChI=1S/C12H18/c1-12(2)8-7-10-5-3-4-6-11(10)9-12/h3-4,6,10H,5,7-9H2,1-2H3. The van der Waals surface area contributed by atoms with E-state index in [1.165, 1.54) is 25.7 Å². The van der Waals surface area contributed by atoms with Gasteiger partial charge in [-0.3, -0.25) is 0 Å². The molecular formula is C12H18. The number of allylic oxidation sites excluding steroid dienone is 4. The predicted molar refractivity (Wildman–Crippen MR) is 53.0 cm³/mol. The van der Waals surface area contributed by atoms with Gasteiger partial charge in [0.2, 0.25) is 0 Å². The van der Waals surface area contributed by atoms with Gasteiger partial charge in [-0.15, -0.1) is 0 Å². The van der Waals surface area contributed by atoms with Crippen molar-refractivity contribution in [2.24, 2.45) is 11.3 Å². The molecule has 1 unspecified atom stereocenters. The van der Waals surface area contributed by atoms with Crippen LogP contribution in [0.15, 0.2) is 23.8 Å². The molecule has 0 bridgehead atoms. The number of fused-ring (bicyclic) bond motifs is 1. The zero-order chi connectivity index (χ0) is 8.60. The molecule has 0 amide bonds. The second-order valence-electron chi connectivity index (χ2n) is 4.98. The first-order chi connectivity index (χ1) is 5.67. The number of hydrogen-bond donors (Lipinski definition) is 0. The topological polar surface area (TPSA) is 0 Å². The molecular weight excluding hydrogens is 144 g/mol. The average Bonchev–Trinajstić information content (AvgIpc) is 2.02. The van der Waals surface area contributed by atoms with Crippen LogP contribution in [-0.2, 0) is 0 Å². The van der Waals surface area contributed by atoms with Crippen LogP contribution in [0.25, 0.3) is 0 Å². The van der Waals surface area contributed by atoms with E-state index < -0.39 is 0 Å². The maximum atomic E-state index is 2.39. The first-order valence-corrected chi connectivity index (χ1v) is 5.03. The first kappa shape index (κ1) is 8.10. The highest BCUT2D eigenvalue weighted by Crippen LogP contribution is 2.43. The summed E-state index contributed by atoms with van der Waals surface area (Å²) in [6, 6.07) is 0. The lowest BCUT2D eigenvalue weighted by molar-refractivity contribution is 0.248. The predicted octanol–water partition coefficient (Wildman–Crippen LogP) is 3.70. The molecule has 0 heterocycles. The molecule has 66 valence electrons. The minimum Gasteiger partial charge on any atom is -0.0839 e. The lowest BCUT2D eigenvalue weighted by atomic mass is 9.68. The minimum absolute atomic E-state index is 0.563. The van der Waals surface area contributed by atoms with Crippen LogP contribution >= 0.6 is 0 Å². The Hall–Kier alpha value is -0.520. The van der Waals surface area contributed by atoms with Crippen molar-refractivity contribution in [1.29, 1.82) is 0 Å². The van der Waals surface area contributed by atoms with Crippen molar-refractivity contribution < 1.29 is 0 Å². The van der Waals surface area contributed by atoms with Crippen LogP contribution in [0, 0.1) is 11.3 Å². The van der Waals surface area contributed by atoms with E-state index in [-0.39, 0.29) is 0 Å². The van der Waals surface area contributed by atoms with Crippen LogP contribution in [0.4, 0.5) is 0 Å². The molecule has 1 fully saturated rings. The van der Waals surface area contributed by atoms with E-state index in [9.17, 15) is 0 Å². The summed E-state index contributed by atoms with van der Waals surface area (Å²) in [5.41, 5.74) is 2.27. The Morgan fingerprint density at radius 1 is 1.42 bits per heavy atom. The van der Waals surface area contributed by atoms with Crippen molar-refractivity contribution in [2.75, 3.05) is 0 Å². The van der Waals surface area contributed by atoms with Crippen molar-refractivity contribution in [3.8, 4) is 0 Å². The third-order valence-electron chi connectivity index (χ3n) is 3.24. The highest BCUT2D eigenvalue weighted by atomic mass is 14.3. The second kappa shape index (κ2) is 2.76. The minimum atomic E-state index is 0.563. The van der Waals surface area contributed by atoms with Crippen molar-refractivity contribution >= 4 is 0 Å². The highest BCUT2D eigenvalue weighted by molar-refractivity contribution is 5.23. The van der Waals surface area contributed by atoms with Gasteiger partial charge in [0.25, 0.3) is 0 Å². The molecule has 1 saturated carbocycles. The molecule has 2 aliphatic rings. The Bertz CT molecular complexity index is 230.